The van der Waals surface area contributed by atoms with E-state index >= 15 is 0 Å². The monoisotopic (exact) mass is 492 g/mol. The second-order valence-electron chi connectivity index (χ2n) is 11.7. The summed E-state index contributed by atoms with van der Waals surface area (Å²) >= 11 is 0. The van der Waals surface area contributed by atoms with Crippen LogP contribution >= 0.6 is 0 Å². The van der Waals surface area contributed by atoms with Gasteiger partial charge < -0.3 is 0 Å². The quantitative estimate of drug-likeness (QED) is 0.185. The number of fused-ring (bicyclic) bond motifs is 15. The Kier molecular flexibility index (Phi) is 3.66. The van der Waals surface area contributed by atoms with Crippen LogP contribution < -0.4 is 0 Å². The van der Waals surface area contributed by atoms with Crippen molar-refractivity contribution in [1.29, 1.82) is 0 Å². The van der Waals surface area contributed by atoms with Crippen molar-refractivity contribution in [1.82, 2.24) is 0 Å². The van der Waals surface area contributed by atoms with E-state index in [2.05, 4.69) is 109 Å². The maximum Gasteiger partial charge on any atom is -0.00132 e. The zero-order valence-corrected chi connectivity index (χ0v) is 21.5. The summed E-state index contributed by atoms with van der Waals surface area (Å²) in [5.74, 6) is 0. The van der Waals surface area contributed by atoms with E-state index < -0.39 is 0 Å². The van der Waals surface area contributed by atoms with Crippen molar-refractivity contribution in [2.75, 3.05) is 0 Å². The zero-order valence-electron chi connectivity index (χ0n) is 21.5. The molecule has 10 rings (SSSR count). The Labute approximate surface area is 227 Å². The van der Waals surface area contributed by atoms with E-state index in [1.54, 1.807) is 0 Å². The van der Waals surface area contributed by atoms with Crippen LogP contribution in [-0.4, -0.2) is 0 Å². The molecule has 0 unspecified atom stereocenters. The van der Waals surface area contributed by atoms with Crippen molar-refractivity contribution in [2.24, 2.45) is 0 Å². The second-order valence-corrected chi connectivity index (χ2v) is 11.7. The second kappa shape index (κ2) is 7.04. The first-order valence-electron chi connectivity index (χ1n) is 14.1. The lowest BCUT2D eigenvalue weighted by Crippen LogP contribution is -1.91. The first kappa shape index (κ1) is 20.3. The minimum Gasteiger partial charge on any atom is -0.0619 e. The van der Waals surface area contributed by atoms with Gasteiger partial charge in [0.1, 0.15) is 0 Å². The van der Waals surface area contributed by atoms with Crippen molar-refractivity contribution in [3.8, 4) is 33.4 Å². The summed E-state index contributed by atoms with van der Waals surface area (Å²) in [6, 6.07) is 41.9. The van der Waals surface area contributed by atoms with Gasteiger partial charge in [-0.1, -0.05) is 72.8 Å². The first-order chi connectivity index (χ1) is 19.3. The highest BCUT2D eigenvalue weighted by Crippen LogP contribution is 2.48. The lowest BCUT2D eigenvalue weighted by molar-refractivity contribution is 1.27. The molecule has 0 heteroatoms. The van der Waals surface area contributed by atoms with Crippen molar-refractivity contribution >= 4 is 32.3 Å². The molecular formula is C39H24. The molecule has 7 aromatic carbocycles. The average molecular weight is 493 g/mol. The maximum absolute atomic E-state index is 2.52. The molecule has 0 radical (unpaired) electrons. The highest BCUT2D eigenvalue weighted by atomic mass is 14.3. The van der Waals surface area contributed by atoms with Gasteiger partial charge in [-0.05, 0) is 155 Å². The van der Waals surface area contributed by atoms with Crippen LogP contribution in [0.3, 0.4) is 0 Å². The predicted molar refractivity (Wildman–Crippen MR) is 164 cm³/mol. The van der Waals surface area contributed by atoms with E-state index in [0.717, 1.165) is 19.3 Å². The van der Waals surface area contributed by atoms with Crippen LogP contribution in [0.1, 0.15) is 33.4 Å². The molecule has 0 fully saturated rings. The van der Waals surface area contributed by atoms with Gasteiger partial charge in [-0.15, -0.1) is 0 Å². The van der Waals surface area contributed by atoms with Gasteiger partial charge in [0, 0.05) is 0 Å². The van der Waals surface area contributed by atoms with Crippen LogP contribution in [0, 0.1) is 0 Å². The van der Waals surface area contributed by atoms with Gasteiger partial charge in [0.2, 0.25) is 0 Å². The van der Waals surface area contributed by atoms with Gasteiger partial charge >= 0.3 is 0 Å². The summed E-state index contributed by atoms with van der Waals surface area (Å²) in [5, 5.41) is 8.35. The highest BCUT2D eigenvalue weighted by molar-refractivity contribution is 6.27. The smallest absolute Gasteiger partial charge is 0.00132 e. The van der Waals surface area contributed by atoms with Crippen molar-refractivity contribution in [2.45, 2.75) is 19.3 Å². The summed E-state index contributed by atoms with van der Waals surface area (Å²) < 4.78 is 0. The fourth-order valence-corrected chi connectivity index (χ4v) is 7.89. The van der Waals surface area contributed by atoms with E-state index in [1.807, 2.05) is 0 Å². The lowest BCUT2D eigenvalue weighted by atomic mass is 9.87. The van der Waals surface area contributed by atoms with Crippen LogP contribution in [-0.2, 0) is 19.3 Å². The normalized spacial score (nSPS) is 13.8. The molecule has 0 spiro atoms. The van der Waals surface area contributed by atoms with Gasteiger partial charge in [0.25, 0.3) is 0 Å². The van der Waals surface area contributed by atoms with Crippen molar-refractivity contribution in [3.63, 3.8) is 0 Å². The van der Waals surface area contributed by atoms with E-state index in [1.165, 1.54) is 99.1 Å². The molecule has 0 atom stereocenters. The third kappa shape index (κ3) is 2.59. The van der Waals surface area contributed by atoms with Crippen LogP contribution in [0.2, 0.25) is 0 Å². The third-order valence-electron chi connectivity index (χ3n) is 9.67. The molecule has 3 aliphatic carbocycles. The summed E-state index contributed by atoms with van der Waals surface area (Å²) in [6.07, 6.45) is 3.07. The zero-order chi connectivity index (χ0) is 25.2. The van der Waals surface area contributed by atoms with Gasteiger partial charge in [-0.3, -0.25) is 0 Å². The van der Waals surface area contributed by atoms with Gasteiger partial charge in [0.05, 0.1) is 0 Å². The van der Waals surface area contributed by atoms with E-state index in [4.69, 9.17) is 0 Å². The Hall–Kier alpha value is -4.68. The molecule has 0 N–H and O–H groups in total. The summed E-state index contributed by atoms with van der Waals surface area (Å²) in [4.78, 5) is 0. The van der Waals surface area contributed by atoms with E-state index in [-0.39, 0.29) is 0 Å². The molecule has 7 aromatic rings. The van der Waals surface area contributed by atoms with Crippen molar-refractivity contribution in [3.05, 3.63) is 143 Å². The Morgan fingerprint density at radius 2 is 0.538 bits per heavy atom. The largest absolute Gasteiger partial charge is 0.0619 e. The SMILES string of the molecule is c1ccc2c(c1)Cc1cc3c4cc5c(cc4c4cc6c(cc4c3cc1-2)Cc1ccccc1-6)Cc1ccccc1-5. The Morgan fingerprint density at radius 1 is 0.256 bits per heavy atom. The summed E-state index contributed by atoms with van der Waals surface area (Å²) in [5.41, 5.74) is 17.2. The molecule has 0 amide bonds. The Balaban J connectivity index is 1.37. The third-order valence-corrected chi connectivity index (χ3v) is 9.67. The Bertz CT molecular complexity index is 1960. The highest BCUT2D eigenvalue weighted by Gasteiger charge is 2.25. The van der Waals surface area contributed by atoms with E-state index in [0.29, 0.717) is 0 Å². The molecule has 39 heavy (non-hydrogen) atoms. The Morgan fingerprint density at radius 3 is 0.872 bits per heavy atom. The minimum atomic E-state index is 1.02. The van der Waals surface area contributed by atoms with Gasteiger partial charge in [-0.2, -0.15) is 0 Å². The van der Waals surface area contributed by atoms with Crippen molar-refractivity contribution < 1.29 is 0 Å². The molecule has 0 saturated carbocycles. The van der Waals surface area contributed by atoms with Crippen LogP contribution in [0.5, 0.6) is 0 Å². The molecule has 180 valence electrons. The van der Waals surface area contributed by atoms with E-state index in [9.17, 15) is 0 Å². The van der Waals surface area contributed by atoms with Crippen LogP contribution in [0.15, 0.2) is 109 Å². The minimum absolute atomic E-state index is 1.02. The van der Waals surface area contributed by atoms with Gasteiger partial charge in [-0.25, -0.2) is 0 Å². The first-order valence-corrected chi connectivity index (χ1v) is 14.1. The molecule has 0 heterocycles. The molecular weight excluding hydrogens is 468 g/mol. The number of benzene rings is 7. The predicted octanol–water partition coefficient (Wildman–Crippen LogP) is 9.86. The molecule has 0 nitrogen and oxygen atoms in total. The lowest BCUT2D eigenvalue weighted by Gasteiger charge is -2.16. The number of hydrogen-bond donors (Lipinski definition) is 0. The fourth-order valence-electron chi connectivity index (χ4n) is 7.89. The summed E-state index contributed by atoms with van der Waals surface area (Å²) in [7, 11) is 0. The molecule has 0 saturated heterocycles. The summed E-state index contributed by atoms with van der Waals surface area (Å²) in [6.45, 7) is 0. The topological polar surface area (TPSA) is 0 Å². The van der Waals surface area contributed by atoms with Crippen LogP contribution in [0.25, 0.3) is 65.7 Å². The van der Waals surface area contributed by atoms with Gasteiger partial charge in [0.15, 0.2) is 0 Å². The number of hydrogen-bond acceptors (Lipinski definition) is 0. The number of rotatable bonds is 0. The maximum atomic E-state index is 2.52. The molecule has 0 aromatic heterocycles. The molecule has 0 aliphatic heterocycles. The molecule has 0 bridgehead atoms. The standard InChI is InChI=1S/C39H24/c1-4-10-28-22(7-1)13-25-16-34-37(19-31(25)28)35-17-26-14-23-8-3-6-12-30(23)33(26)21-39(35)36-18-27-15-24-9-2-5-11-29(24)32(27)20-38(34)36/h1-12,16-21H,13-15H2. The van der Waals surface area contributed by atoms with Crippen LogP contribution in [0.4, 0.5) is 0 Å². The average Bonchev–Trinajstić information content (AvgIpc) is 3.65. The fraction of sp³-hybridized carbons (Fsp3) is 0.0769. The molecule has 3 aliphatic rings.